The average molecular weight is 292 g/mol. The van der Waals surface area contributed by atoms with Crippen LogP contribution in [-0.2, 0) is 0 Å². The summed E-state index contributed by atoms with van der Waals surface area (Å²) in [4.78, 5) is 11.4. The van der Waals surface area contributed by atoms with Crippen LogP contribution < -0.4 is 4.74 Å². The van der Waals surface area contributed by atoms with Crippen LogP contribution in [0, 0.1) is 29.1 Å². The monoisotopic (exact) mass is 292 g/mol. The summed E-state index contributed by atoms with van der Waals surface area (Å²) in [5.74, 6) is -13.4. The van der Waals surface area contributed by atoms with Crippen molar-refractivity contribution in [3.8, 4) is 5.75 Å². The number of rotatable bonds is 4. The van der Waals surface area contributed by atoms with E-state index in [9.17, 15) is 26.7 Å². The molecule has 1 aromatic heterocycles. The van der Waals surface area contributed by atoms with Gasteiger partial charge in [-0.05, 0) is 12.1 Å². The largest absolute Gasteiger partial charge is 0.479 e. The standard InChI is InChI=1S/C12H5F5O3/c13-7-8(14)10(16)12(11(17)9(7)15)20-4-5(18)6-2-1-3-19-6/h1-3H,4H2. The Morgan fingerprint density at radius 3 is 2.05 bits per heavy atom. The first-order chi connectivity index (χ1) is 9.43. The second kappa shape index (κ2) is 5.32. The molecule has 0 aliphatic carbocycles. The summed E-state index contributed by atoms with van der Waals surface area (Å²) in [6.45, 7) is -0.939. The van der Waals surface area contributed by atoms with Gasteiger partial charge in [0.15, 0.2) is 18.1 Å². The Labute approximate surface area is 108 Å². The number of Topliss-reactive ketones (excluding diaryl/α,β-unsaturated/α-hetero) is 1. The van der Waals surface area contributed by atoms with E-state index < -0.39 is 47.2 Å². The Kier molecular flexibility index (Phi) is 3.73. The van der Waals surface area contributed by atoms with Gasteiger partial charge in [0.1, 0.15) is 0 Å². The van der Waals surface area contributed by atoms with Gasteiger partial charge in [-0.3, -0.25) is 4.79 Å². The molecule has 2 rings (SSSR count). The molecule has 0 bridgehead atoms. The first-order valence-electron chi connectivity index (χ1n) is 5.14. The summed E-state index contributed by atoms with van der Waals surface area (Å²) < 4.78 is 73.9. The third kappa shape index (κ3) is 2.36. The quantitative estimate of drug-likeness (QED) is 0.376. The summed E-state index contributed by atoms with van der Waals surface area (Å²) in [5, 5.41) is 0. The van der Waals surface area contributed by atoms with Crippen molar-refractivity contribution >= 4 is 5.78 Å². The second-order valence-corrected chi connectivity index (χ2v) is 3.59. The Bertz CT molecular complexity index is 623. The molecule has 1 aromatic carbocycles. The zero-order chi connectivity index (χ0) is 14.9. The second-order valence-electron chi connectivity index (χ2n) is 3.59. The average Bonchev–Trinajstić information content (AvgIpc) is 2.97. The van der Waals surface area contributed by atoms with Crippen LogP contribution in [0.2, 0.25) is 0 Å². The van der Waals surface area contributed by atoms with E-state index in [1.165, 1.54) is 18.4 Å². The number of carbonyl (C=O) groups is 1. The number of halogens is 5. The molecule has 0 unspecified atom stereocenters. The number of furan rings is 1. The fraction of sp³-hybridized carbons (Fsp3) is 0.0833. The molecule has 0 N–H and O–H groups in total. The van der Waals surface area contributed by atoms with Gasteiger partial charge in [-0.1, -0.05) is 0 Å². The number of ether oxygens (including phenoxy) is 1. The molecule has 3 nitrogen and oxygen atoms in total. The van der Waals surface area contributed by atoms with Crippen molar-refractivity contribution in [3.05, 3.63) is 53.2 Å². The van der Waals surface area contributed by atoms with Gasteiger partial charge in [0.25, 0.3) is 0 Å². The first kappa shape index (κ1) is 14.0. The highest BCUT2D eigenvalue weighted by Gasteiger charge is 2.27. The summed E-state index contributed by atoms with van der Waals surface area (Å²) >= 11 is 0. The van der Waals surface area contributed by atoms with Gasteiger partial charge in [-0.2, -0.15) is 8.78 Å². The lowest BCUT2D eigenvalue weighted by Crippen LogP contribution is -2.14. The Balaban J connectivity index is 2.24. The predicted octanol–water partition coefficient (Wildman–Crippen LogP) is 3.24. The van der Waals surface area contributed by atoms with Crippen molar-refractivity contribution in [1.29, 1.82) is 0 Å². The predicted molar refractivity (Wildman–Crippen MR) is 54.8 cm³/mol. The molecule has 0 aliphatic heterocycles. The fourth-order valence-electron chi connectivity index (χ4n) is 1.36. The van der Waals surface area contributed by atoms with Gasteiger partial charge < -0.3 is 9.15 Å². The van der Waals surface area contributed by atoms with Gasteiger partial charge in [-0.25, -0.2) is 13.2 Å². The van der Waals surface area contributed by atoms with E-state index in [0.717, 1.165) is 0 Å². The van der Waals surface area contributed by atoms with Gasteiger partial charge in [0.2, 0.25) is 34.9 Å². The van der Waals surface area contributed by atoms with Crippen LogP contribution in [0.5, 0.6) is 5.75 Å². The molecular formula is C12H5F5O3. The van der Waals surface area contributed by atoms with E-state index in [4.69, 9.17) is 0 Å². The highest BCUT2D eigenvalue weighted by Crippen LogP contribution is 2.29. The van der Waals surface area contributed by atoms with E-state index in [-0.39, 0.29) is 5.76 Å². The molecule has 0 aliphatic rings. The molecule has 0 fully saturated rings. The van der Waals surface area contributed by atoms with E-state index in [1.807, 2.05) is 0 Å². The smallest absolute Gasteiger partial charge is 0.235 e. The molecular weight excluding hydrogens is 287 g/mol. The van der Waals surface area contributed by atoms with Crippen LogP contribution >= 0.6 is 0 Å². The van der Waals surface area contributed by atoms with Crippen molar-refractivity contribution in [3.63, 3.8) is 0 Å². The van der Waals surface area contributed by atoms with Gasteiger partial charge in [0, 0.05) is 0 Å². The summed E-state index contributed by atoms with van der Waals surface area (Å²) in [6, 6.07) is 2.63. The highest BCUT2D eigenvalue weighted by atomic mass is 19.2. The van der Waals surface area contributed by atoms with Gasteiger partial charge in [0.05, 0.1) is 6.26 Å². The van der Waals surface area contributed by atoms with E-state index >= 15 is 0 Å². The lowest BCUT2D eigenvalue weighted by Gasteiger charge is -2.09. The minimum atomic E-state index is -2.30. The van der Waals surface area contributed by atoms with Crippen molar-refractivity contribution in [1.82, 2.24) is 0 Å². The van der Waals surface area contributed by atoms with Gasteiger partial charge in [-0.15, -0.1) is 0 Å². The molecule has 106 valence electrons. The maximum Gasteiger partial charge on any atom is 0.235 e. The van der Waals surface area contributed by atoms with Crippen molar-refractivity contribution in [2.24, 2.45) is 0 Å². The minimum absolute atomic E-state index is 0.172. The number of carbonyl (C=O) groups excluding carboxylic acids is 1. The summed E-state index contributed by atoms with van der Waals surface area (Å²) in [5.41, 5.74) is 0. The molecule has 0 amide bonds. The lowest BCUT2D eigenvalue weighted by molar-refractivity contribution is 0.0885. The molecule has 0 spiro atoms. The zero-order valence-electron chi connectivity index (χ0n) is 9.55. The molecule has 20 heavy (non-hydrogen) atoms. The topological polar surface area (TPSA) is 39.4 Å². The normalized spacial score (nSPS) is 10.7. The number of hydrogen-bond donors (Lipinski definition) is 0. The van der Waals surface area contributed by atoms with Crippen molar-refractivity contribution < 1.29 is 35.9 Å². The molecule has 0 atom stereocenters. The highest BCUT2D eigenvalue weighted by molar-refractivity contribution is 5.94. The molecule has 0 radical (unpaired) electrons. The van der Waals surface area contributed by atoms with Crippen LogP contribution in [0.25, 0.3) is 0 Å². The maximum atomic E-state index is 13.2. The third-order valence-electron chi connectivity index (χ3n) is 2.31. The van der Waals surface area contributed by atoms with Crippen LogP contribution in [-0.4, -0.2) is 12.4 Å². The SMILES string of the molecule is O=C(COc1c(F)c(F)c(F)c(F)c1F)c1ccco1. The van der Waals surface area contributed by atoms with Crippen LogP contribution in [0.4, 0.5) is 22.0 Å². The summed E-state index contributed by atoms with van der Waals surface area (Å²) in [6.07, 6.45) is 1.17. The van der Waals surface area contributed by atoms with E-state index in [1.54, 1.807) is 0 Å². The molecule has 1 heterocycles. The van der Waals surface area contributed by atoms with Crippen LogP contribution in [0.15, 0.2) is 22.8 Å². The van der Waals surface area contributed by atoms with Gasteiger partial charge >= 0.3 is 0 Å². The third-order valence-corrected chi connectivity index (χ3v) is 2.31. The van der Waals surface area contributed by atoms with Crippen molar-refractivity contribution in [2.45, 2.75) is 0 Å². The minimum Gasteiger partial charge on any atom is -0.479 e. The van der Waals surface area contributed by atoms with E-state index in [2.05, 4.69) is 9.15 Å². The maximum absolute atomic E-state index is 13.2. The first-order valence-corrected chi connectivity index (χ1v) is 5.14. The lowest BCUT2D eigenvalue weighted by atomic mass is 10.2. The van der Waals surface area contributed by atoms with Crippen LogP contribution in [0.3, 0.4) is 0 Å². The number of benzene rings is 1. The molecule has 0 saturated carbocycles. The zero-order valence-corrected chi connectivity index (χ0v) is 9.55. The summed E-state index contributed by atoms with van der Waals surface area (Å²) in [7, 11) is 0. The van der Waals surface area contributed by atoms with E-state index in [0.29, 0.717) is 0 Å². The molecule has 8 heteroatoms. The Morgan fingerprint density at radius 2 is 1.55 bits per heavy atom. The Morgan fingerprint density at radius 1 is 1.00 bits per heavy atom. The Hall–Kier alpha value is -2.38. The molecule has 2 aromatic rings. The van der Waals surface area contributed by atoms with Crippen LogP contribution in [0.1, 0.15) is 10.6 Å². The van der Waals surface area contributed by atoms with Crippen molar-refractivity contribution in [2.75, 3.05) is 6.61 Å². The number of ketones is 1. The number of hydrogen-bond acceptors (Lipinski definition) is 3. The molecule has 0 saturated heterocycles. The fourth-order valence-corrected chi connectivity index (χ4v) is 1.36.